The number of rotatable bonds is 3. The zero-order valence-corrected chi connectivity index (χ0v) is 9.21. The van der Waals surface area contributed by atoms with Gasteiger partial charge >= 0.3 is 0 Å². The minimum absolute atomic E-state index is 0.116. The standard InChI is InChI=1S/C12H12F2N2O/c1-7-4-5-8(11(14)10(7)13)12(16-15)9-3-2-6-17-9/h2-6,12,16H,15H2,1H3. The Bertz CT molecular complexity index is 511. The van der Waals surface area contributed by atoms with E-state index >= 15 is 0 Å². The van der Waals surface area contributed by atoms with Crippen molar-refractivity contribution in [3.63, 3.8) is 0 Å². The molecule has 1 aromatic heterocycles. The molecule has 1 aromatic carbocycles. The van der Waals surface area contributed by atoms with E-state index < -0.39 is 17.7 Å². The number of halogens is 2. The van der Waals surface area contributed by atoms with Crippen LogP contribution in [0.1, 0.15) is 22.9 Å². The normalized spacial score (nSPS) is 12.7. The van der Waals surface area contributed by atoms with Crippen molar-refractivity contribution in [1.29, 1.82) is 0 Å². The van der Waals surface area contributed by atoms with Crippen molar-refractivity contribution in [1.82, 2.24) is 5.43 Å². The van der Waals surface area contributed by atoms with E-state index in [0.717, 1.165) is 0 Å². The van der Waals surface area contributed by atoms with E-state index in [2.05, 4.69) is 5.43 Å². The van der Waals surface area contributed by atoms with Crippen molar-refractivity contribution in [3.8, 4) is 0 Å². The molecule has 2 rings (SSSR count). The minimum atomic E-state index is -0.913. The van der Waals surface area contributed by atoms with Crippen molar-refractivity contribution < 1.29 is 13.2 Å². The molecule has 0 saturated carbocycles. The second-order valence-electron chi connectivity index (χ2n) is 3.71. The second kappa shape index (κ2) is 4.65. The number of hydrogen-bond acceptors (Lipinski definition) is 3. The molecule has 1 unspecified atom stereocenters. The van der Waals surface area contributed by atoms with Gasteiger partial charge in [0.2, 0.25) is 0 Å². The van der Waals surface area contributed by atoms with Crippen LogP contribution < -0.4 is 11.3 Å². The summed E-state index contributed by atoms with van der Waals surface area (Å²) in [6.45, 7) is 1.50. The molecule has 0 amide bonds. The molecule has 17 heavy (non-hydrogen) atoms. The molecule has 0 spiro atoms. The molecule has 2 aromatic rings. The molecular weight excluding hydrogens is 226 g/mol. The highest BCUT2D eigenvalue weighted by molar-refractivity contribution is 5.31. The fourth-order valence-corrected chi connectivity index (χ4v) is 1.66. The number of benzene rings is 1. The predicted octanol–water partition coefficient (Wildman–Crippen LogP) is 2.42. The van der Waals surface area contributed by atoms with Crippen molar-refractivity contribution in [3.05, 3.63) is 59.1 Å². The first-order valence-electron chi connectivity index (χ1n) is 5.09. The Kier molecular flexibility index (Phi) is 3.21. The third-order valence-electron chi connectivity index (χ3n) is 2.61. The molecular formula is C12H12F2N2O. The van der Waals surface area contributed by atoms with Crippen LogP contribution >= 0.6 is 0 Å². The third kappa shape index (κ3) is 2.07. The Morgan fingerprint density at radius 1 is 1.24 bits per heavy atom. The Hall–Kier alpha value is -1.72. The van der Waals surface area contributed by atoms with Crippen LogP contribution in [0.5, 0.6) is 0 Å². The van der Waals surface area contributed by atoms with Gasteiger partial charge in [0.1, 0.15) is 11.8 Å². The fraction of sp³-hybridized carbons (Fsp3) is 0.167. The van der Waals surface area contributed by atoms with Gasteiger partial charge in [0.05, 0.1) is 6.26 Å². The van der Waals surface area contributed by atoms with Gasteiger partial charge in [0.15, 0.2) is 11.6 Å². The number of aryl methyl sites for hydroxylation is 1. The molecule has 0 aliphatic heterocycles. The Labute approximate surface area is 97.2 Å². The monoisotopic (exact) mass is 238 g/mol. The highest BCUT2D eigenvalue weighted by Gasteiger charge is 2.21. The molecule has 0 bridgehead atoms. The zero-order chi connectivity index (χ0) is 12.4. The minimum Gasteiger partial charge on any atom is -0.467 e. The van der Waals surface area contributed by atoms with Gasteiger partial charge in [0, 0.05) is 5.56 Å². The van der Waals surface area contributed by atoms with Crippen molar-refractivity contribution in [2.45, 2.75) is 13.0 Å². The lowest BCUT2D eigenvalue weighted by Crippen LogP contribution is -2.29. The molecule has 5 heteroatoms. The smallest absolute Gasteiger partial charge is 0.164 e. The summed E-state index contributed by atoms with van der Waals surface area (Å²) >= 11 is 0. The maximum absolute atomic E-state index is 13.8. The zero-order valence-electron chi connectivity index (χ0n) is 9.21. The summed E-state index contributed by atoms with van der Waals surface area (Å²) in [5.41, 5.74) is 2.78. The second-order valence-corrected chi connectivity index (χ2v) is 3.71. The molecule has 0 aliphatic carbocycles. The molecule has 0 radical (unpaired) electrons. The van der Waals surface area contributed by atoms with Crippen LogP contribution in [0, 0.1) is 18.6 Å². The van der Waals surface area contributed by atoms with Crippen LogP contribution in [0.4, 0.5) is 8.78 Å². The van der Waals surface area contributed by atoms with Gasteiger partial charge < -0.3 is 4.42 Å². The summed E-state index contributed by atoms with van der Waals surface area (Å²) in [5.74, 6) is 4.00. The van der Waals surface area contributed by atoms with Crippen LogP contribution in [0.2, 0.25) is 0 Å². The molecule has 90 valence electrons. The Morgan fingerprint density at radius 3 is 2.59 bits per heavy atom. The Morgan fingerprint density at radius 2 is 2.00 bits per heavy atom. The van der Waals surface area contributed by atoms with Crippen molar-refractivity contribution in [2.75, 3.05) is 0 Å². The van der Waals surface area contributed by atoms with Crippen LogP contribution in [-0.4, -0.2) is 0 Å². The molecule has 3 N–H and O–H groups in total. The van der Waals surface area contributed by atoms with E-state index in [-0.39, 0.29) is 11.1 Å². The molecule has 0 fully saturated rings. The van der Waals surface area contributed by atoms with Gasteiger partial charge in [-0.3, -0.25) is 5.84 Å². The maximum atomic E-state index is 13.8. The van der Waals surface area contributed by atoms with Crippen molar-refractivity contribution >= 4 is 0 Å². The van der Waals surface area contributed by atoms with Crippen LogP contribution in [0.15, 0.2) is 34.9 Å². The SMILES string of the molecule is Cc1ccc(C(NN)c2ccco2)c(F)c1F. The van der Waals surface area contributed by atoms with E-state index in [0.29, 0.717) is 5.76 Å². The van der Waals surface area contributed by atoms with E-state index in [9.17, 15) is 8.78 Å². The quantitative estimate of drug-likeness (QED) is 0.637. The first kappa shape index (κ1) is 11.8. The summed E-state index contributed by atoms with van der Waals surface area (Å²) in [7, 11) is 0. The summed E-state index contributed by atoms with van der Waals surface area (Å²) in [4.78, 5) is 0. The summed E-state index contributed by atoms with van der Waals surface area (Å²) in [6, 6.07) is 5.58. The largest absolute Gasteiger partial charge is 0.467 e. The molecule has 0 aliphatic rings. The average molecular weight is 238 g/mol. The summed E-state index contributed by atoms with van der Waals surface area (Å²) < 4.78 is 32.4. The average Bonchev–Trinajstić information content (AvgIpc) is 2.84. The number of nitrogens with two attached hydrogens (primary N) is 1. The predicted molar refractivity (Wildman–Crippen MR) is 59.0 cm³/mol. The molecule has 1 atom stereocenters. The fourth-order valence-electron chi connectivity index (χ4n) is 1.66. The number of nitrogens with one attached hydrogen (secondary N) is 1. The number of hydrogen-bond donors (Lipinski definition) is 2. The van der Waals surface area contributed by atoms with Crippen LogP contribution in [0.3, 0.4) is 0 Å². The van der Waals surface area contributed by atoms with Gasteiger partial charge in [-0.05, 0) is 24.6 Å². The lowest BCUT2D eigenvalue weighted by Gasteiger charge is -2.15. The van der Waals surface area contributed by atoms with Gasteiger partial charge in [-0.1, -0.05) is 12.1 Å². The lowest BCUT2D eigenvalue weighted by molar-refractivity contribution is 0.428. The van der Waals surface area contributed by atoms with E-state index in [1.807, 2.05) is 0 Å². The van der Waals surface area contributed by atoms with Gasteiger partial charge in [-0.2, -0.15) is 0 Å². The third-order valence-corrected chi connectivity index (χ3v) is 2.61. The highest BCUT2D eigenvalue weighted by Crippen LogP contribution is 2.26. The van der Waals surface area contributed by atoms with Crippen LogP contribution in [0.25, 0.3) is 0 Å². The Balaban J connectivity index is 2.49. The first-order chi connectivity index (χ1) is 8.15. The summed E-state index contributed by atoms with van der Waals surface area (Å²) in [5, 5.41) is 0. The van der Waals surface area contributed by atoms with Crippen molar-refractivity contribution in [2.24, 2.45) is 5.84 Å². The van der Waals surface area contributed by atoms with Gasteiger partial charge in [0.25, 0.3) is 0 Å². The first-order valence-corrected chi connectivity index (χ1v) is 5.09. The summed E-state index contributed by atoms with van der Waals surface area (Å²) in [6.07, 6.45) is 1.45. The lowest BCUT2D eigenvalue weighted by atomic mass is 10.0. The highest BCUT2D eigenvalue weighted by atomic mass is 19.2. The van der Waals surface area contributed by atoms with Gasteiger partial charge in [-0.15, -0.1) is 0 Å². The molecule has 3 nitrogen and oxygen atoms in total. The van der Waals surface area contributed by atoms with E-state index in [1.54, 1.807) is 12.1 Å². The van der Waals surface area contributed by atoms with Gasteiger partial charge in [-0.25, -0.2) is 14.2 Å². The maximum Gasteiger partial charge on any atom is 0.164 e. The van der Waals surface area contributed by atoms with Crippen LogP contribution in [-0.2, 0) is 0 Å². The number of hydrazine groups is 1. The molecule has 1 heterocycles. The topological polar surface area (TPSA) is 51.2 Å². The number of furan rings is 1. The molecule has 0 saturated heterocycles. The van der Waals surface area contributed by atoms with E-state index in [1.165, 1.54) is 25.3 Å². The van der Waals surface area contributed by atoms with E-state index in [4.69, 9.17) is 10.3 Å².